The summed E-state index contributed by atoms with van der Waals surface area (Å²) in [4.78, 5) is 14.6. The van der Waals surface area contributed by atoms with Gasteiger partial charge in [-0.15, -0.1) is 0 Å². The molecule has 0 saturated carbocycles. The second-order valence-corrected chi connectivity index (χ2v) is 5.59. The maximum atomic E-state index is 12.3. The fraction of sp³-hybridized carbons (Fsp3) is 0.467. The van der Waals surface area contributed by atoms with Crippen molar-refractivity contribution in [2.45, 2.75) is 39.7 Å². The van der Waals surface area contributed by atoms with Crippen molar-refractivity contribution in [1.29, 1.82) is 0 Å². The van der Waals surface area contributed by atoms with Crippen molar-refractivity contribution >= 4 is 23.1 Å². The van der Waals surface area contributed by atoms with E-state index in [1.165, 1.54) is 5.56 Å². The third-order valence-corrected chi connectivity index (χ3v) is 3.18. The average molecular weight is 278 g/mol. The Morgan fingerprint density at radius 3 is 2.63 bits per heavy atom. The van der Waals surface area contributed by atoms with Crippen LogP contribution in [0.4, 0.5) is 0 Å². The van der Waals surface area contributed by atoms with Crippen LogP contribution >= 0.6 is 12.2 Å². The minimum atomic E-state index is 0.122. The van der Waals surface area contributed by atoms with Gasteiger partial charge in [0.25, 0.3) is 0 Å². The van der Waals surface area contributed by atoms with Gasteiger partial charge in [-0.05, 0) is 26.3 Å². The molecule has 0 bridgehead atoms. The average Bonchev–Trinajstić information content (AvgIpc) is 2.28. The summed E-state index contributed by atoms with van der Waals surface area (Å²) in [6.07, 6.45) is 1.00. The maximum Gasteiger partial charge on any atom is 0.227 e. The summed E-state index contributed by atoms with van der Waals surface area (Å²) < 4.78 is 0. The predicted molar refractivity (Wildman–Crippen MR) is 83.1 cm³/mol. The van der Waals surface area contributed by atoms with Crippen molar-refractivity contribution in [2.75, 3.05) is 6.54 Å². The van der Waals surface area contributed by atoms with Gasteiger partial charge in [-0.1, -0.05) is 42.0 Å². The van der Waals surface area contributed by atoms with E-state index >= 15 is 0 Å². The molecular weight excluding hydrogens is 256 g/mol. The van der Waals surface area contributed by atoms with Crippen molar-refractivity contribution in [2.24, 2.45) is 5.73 Å². The molecule has 0 atom stereocenters. The number of nitrogens with zero attached hydrogens (tertiary/aromatic N) is 1. The highest BCUT2D eigenvalue weighted by Gasteiger charge is 2.17. The number of rotatable bonds is 6. The molecule has 1 rings (SSSR count). The van der Waals surface area contributed by atoms with E-state index < -0.39 is 0 Å². The first-order valence-electron chi connectivity index (χ1n) is 6.53. The molecule has 0 unspecified atom stereocenters. The molecule has 104 valence electrons. The zero-order valence-electron chi connectivity index (χ0n) is 11.8. The summed E-state index contributed by atoms with van der Waals surface area (Å²) in [7, 11) is 0. The van der Waals surface area contributed by atoms with E-state index in [4.69, 9.17) is 18.0 Å². The highest BCUT2D eigenvalue weighted by molar-refractivity contribution is 7.80. The molecular formula is C15H22N2OS. The molecule has 0 aliphatic heterocycles. The van der Waals surface area contributed by atoms with Crippen LogP contribution in [0, 0.1) is 6.92 Å². The van der Waals surface area contributed by atoms with Crippen molar-refractivity contribution < 1.29 is 4.79 Å². The van der Waals surface area contributed by atoms with Crippen molar-refractivity contribution in [3.63, 3.8) is 0 Å². The molecule has 0 radical (unpaired) electrons. The minimum Gasteiger partial charge on any atom is -0.393 e. The smallest absolute Gasteiger partial charge is 0.227 e. The topological polar surface area (TPSA) is 46.3 Å². The van der Waals surface area contributed by atoms with E-state index in [1.807, 2.05) is 49.9 Å². The third kappa shape index (κ3) is 5.39. The van der Waals surface area contributed by atoms with Gasteiger partial charge in [0.1, 0.15) is 0 Å². The molecule has 1 aromatic rings. The van der Waals surface area contributed by atoms with E-state index in [0.29, 0.717) is 24.4 Å². The first-order chi connectivity index (χ1) is 8.90. The van der Waals surface area contributed by atoms with E-state index in [9.17, 15) is 4.79 Å². The summed E-state index contributed by atoms with van der Waals surface area (Å²) in [5, 5.41) is 0. The number of thiocarbonyl (C=S) groups is 1. The second kappa shape index (κ2) is 7.24. The number of aryl methyl sites for hydroxylation is 1. The quantitative estimate of drug-likeness (QED) is 0.813. The van der Waals surface area contributed by atoms with Crippen LogP contribution in [-0.4, -0.2) is 28.4 Å². The van der Waals surface area contributed by atoms with Crippen LogP contribution in [0.1, 0.15) is 31.4 Å². The van der Waals surface area contributed by atoms with Crippen molar-refractivity contribution in [3.8, 4) is 0 Å². The Morgan fingerprint density at radius 1 is 1.42 bits per heavy atom. The number of amides is 1. The van der Waals surface area contributed by atoms with Gasteiger partial charge < -0.3 is 10.6 Å². The van der Waals surface area contributed by atoms with Gasteiger partial charge in [0.05, 0.1) is 11.4 Å². The predicted octanol–water partition coefficient (Wildman–Crippen LogP) is 2.45. The Balaban J connectivity index is 2.69. The maximum absolute atomic E-state index is 12.3. The molecule has 0 fully saturated rings. The molecule has 4 heteroatoms. The Morgan fingerprint density at radius 2 is 2.11 bits per heavy atom. The first kappa shape index (κ1) is 15.6. The van der Waals surface area contributed by atoms with Crippen molar-refractivity contribution in [1.82, 2.24) is 4.90 Å². The lowest BCUT2D eigenvalue weighted by Gasteiger charge is -2.26. The largest absolute Gasteiger partial charge is 0.393 e. The summed E-state index contributed by atoms with van der Waals surface area (Å²) >= 11 is 4.87. The number of hydrogen-bond donors (Lipinski definition) is 1. The summed E-state index contributed by atoms with van der Waals surface area (Å²) in [6.45, 7) is 6.64. The molecule has 0 aromatic heterocycles. The van der Waals surface area contributed by atoms with Crippen LogP contribution in [0.25, 0.3) is 0 Å². The van der Waals surface area contributed by atoms with Crippen LogP contribution in [-0.2, 0) is 11.2 Å². The van der Waals surface area contributed by atoms with Gasteiger partial charge in [0.15, 0.2) is 0 Å². The molecule has 0 heterocycles. The van der Waals surface area contributed by atoms with Crippen LogP contribution < -0.4 is 5.73 Å². The Hall–Kier alpha value is -1.42. The summed E-state index contributed by atoms with van der Waals surface area (Å²) in [5.74, 6) is 0.122. The molecule has 0 spiro atoms. The first-order valence-corrected chi connectivity index (χ1v) is 6.94. The highest BCUT2D eigenvalue weighted by atomic mass is 32.1. The third-order valence-electron chi connectivity index (χ3n) is 2.98. The number of hydrogen-bond acceptors (Lipinski definition) is 2. The molecule has 2 N–H and O–H groups in total. The van der Waals surface area contributed by atoms with Gasteiger partial charge in [-0.2, -0.15) is 0 Å². The second-order valence-electron chi connectivity index (χ2n) is 5.06. The molecule has 0 aliphatic carbocycles. The molecule has 19 heavy (non-hydrogen) atoms. The van der Waals surface area contributed by atoms with Crippen LogP contribution in [0.2, 0.25) is 0 Å². The Kier molecular flexibility index (Phi) is 5.96. The fourth-order valence-electron chi connectivity index (χ4n) is 2.00. The fourth-order valence-corrected chi connectivity index (χ4v) is 2.09. The highest BCUT2D eigenvalue weighted by Crippen LogP contribution is 2.09. The van der Waals surface area contributed by atoms with Crippen LogP contribution in [0.15, 0.2) is 24.3 Å². The number of benzene rings is 1. The lowest BCUT2D eigenvalue weighted by atomic mass is 10.1. The van der Waals surface area contributed by atoms with Gasteiger partial charge in [-0.3, -0.25) is 4.79 Å². The summed E-state index contributed by atoms with van der Waals surface area (Å²) in [5.41, 5.74) is 7.73. The van der Waals surface area contributed by atoms with Crippen LogP contribution in [0.5, 0.6) is 0 Å². The van der Waals surface area contributed by atoms with Gasteiger partial charge in [0.2, 0.25) is 5.91 Å². The lowest BCUT2D eigenvalue weighted by Crippen LogP contribution is -2.39. The molecule has 0 aliphatic rings. The zero-order chi connectivity index (χ0) is 14.4. The van der Waals surface area contributed by atoms with E-state index in [2.05, 4.69) is 0 Å². The lowest BCUT2D eigenvalue weighted by molar-refractivity contribution is -0.132. The minimum absolute atomic E-state index is 0.122. The van der Waals surface area contributed by atoms with Crippen LogP contribution in [0.3, 0.4) is 0 Å². The van der Waals surface area contributed by atoms with E-state index in [0.717, 1.165) is 5.56 Å². The number of carbonyl (C=O) groups excluding carboxylic acids is 1. The van der Waals surface area contributed by atoms with Gasteiger partial charge in [-0.25, -0.2) is 0 Å². The number of carbonyl (C=O) groups is 1. The van der Waals surface area contributed by atoms with Gasteiger partial charge in [0, 0.05) is 19.0 Å². The monoisotopic (exact) mass is 278 g/mol. The molecule has 3 nitrogen and oxygen atoms in total. The van der Waals surface area contributed by atoms with E-state index in [1.54, 1.807) is 0 Å². The molecule has 1 aromatic carbocycles. The number of nitrogens with two attached hydrogens (primary N) is 1. The molecule has 1 amide bonds. The summed E-state index contributed by atoms with van der Waals surface area (Å²) in [6, 6.07) is 8.20. The van der Waals surface area contributed by atoms with E-state index in [-0.39, 0.29) is 11.9 Å². The zero-order valence-corrected chi connectivity index (χ0v) is 12.7. The van der Waals surface area contributed by atoms with Gasteiger partial charge >= 0.3 is 0 Å². The Labute approximate surface area is 120 Å². The Bertz CT molecular complexity index is 457. The van der Waals surface area contributed by atoms with Crippen molar-refractivity contribution in [3.05, 3.63) is 35.4 Å². The normalized spacial score (nSPS) is 10.5. The SMILES string of the molecule is Cc1cccc(CC(=O)N(CCC(N)=S)C(C)C)c1. The standard InChI is InChI=1S/C15H22N2OS/c1-11(2)17(8-7-14(16)19)15(18)10-13-6-4-5-12(3)9-13/h4-6,9,11H,7-8,10H2,1-3H3,(H2,16,19). The molecule has 0 saturated heterocycles.